The molecule has 0 aliphatic rings. The first kappa shape index (κ1) is 16.2. The second kappa shape index (κ2) is 6.32. The summed E-state index contributed by atoms with van der Waals surface area (Å²) >= 11 is 0. The average molecular weight is 210 g/mol. The van der Waals surface area contributed by atoms with Gasteiger partial charge >= 0.3 is 29.6 Å². The number of aliphatic carboxylic acids is 2. The van der Waals surface area contributed by atoms with Gasteiger partial charge in [-0.25, -0.2) is 0 Å². The van der Waals surface area contributed by atoms with E-state index in [-0.39, 0.29) is 29.6 Å². The van der Waals surface area contributed by atoms with Crippen LogP contribution in [0.15, 0.2) is 0 Å². The van der Waals surface area contributed by atoms with Crippen molar-refractivity contribution >= 4 is 11.9 Å². The molecule has 0 radical (unpaired) electrons. The third-order valence-corrected chi connectivity index (χ3v) is 2.59. The largest absolute Gasteiger partial charge is 1.00 e. The zero-order chi connectivity index (χ0) is 10.6. The third-order valence-electron chi connectivity index (χ3n) is 2.59. The molecule has 0 atom stereocenters. The van der Waals surface area contributed by atoms with Gasteiger partial charge in [-0.2, -0.15) is 5.92 Å². The second-order valence-corrected chi connectivity index (χ2v) is 3.25. The molecule has 14 heavy (non-hydrogen) atoms. The van der Waals surface area contributed by atoms with E-state index < -0.39 is 23.3 Å². The summed E-state index contributed by atoms with van der Waals surface area (Å²) in [5, 5.41) is 17.4. The number of carboxylic acids is 2. The molecule has 0 amide bonds. The molecule has 5 heteroatoms. The molecule has 0 spiro atoms. The fourth-order valence-corrected chi connectivity index (χ4v) is 1.21. The molecule has 0 aliphatic heterocycles. The first-order valence-corrected chi connectivity index (χ1v) is 4.23. The Balaban J connectivity index is 0. The first-order valence-electron chi connectivity index (χ1n) is 4.23. The van der Waals surface area contributed by atoms with Crippen molar-refractivity contribution < 1.29 is 49.4 Å². The minimum Gasteiger partial charge on any atom is -0.503 e. The maximum atomic E-state index is 10.7. The van der Waals surface area contributed by atoms with Gasteiger partial charge in [0.25, 0.3) is 0 Å². The van der Waals surface area contributed by atoms with Crippen LogP contribution < -0.4 is 29.6 Å². The predicted octanol–water partition coefficient (Wildman–Crippen LogP) is -1.44. The van der Waals surface area contributed by atoms with Gasteiger partial charge in [-0.3, -0.25) is 9.59 Å². The average Bonchev–Trinajstić information content (AvgIpc) is 2.02. The monoisotopic (exact) mass is 210 g/mol. The molecule has 0 rings (SSSR count). The van der Waals surface area contributed by atoms with Gasteiger partial charge < -0.3 is 10.2 Å². The summed E-state index contributed by atoms with van der Waals surface area (Å²) in [6, 6.07) is 0. The van der Waals surface area contributed by atoms with Crippen molar-refractivity contribution in [1.29, 1.82) is 0 Å². The topological polar surface area (TPSA) is 74.6 Å². The van der Waals surface area contributed by atoms with Gasteiger partial charge in [0.05, 0.1) is 0 Å². The standard InChI is InChI=1S/C9H15O4.Na/c1-4-9(3,5-2)6(7(10)11)8(12)13;/h4-5H2,1-3H3,(H,10,11)(H,12,13);/q-1;+1. The molecule has 0 bridgehead atoms. The van der Waals surface area contributed by atoms with Crippen molar-refractivity contribution in [1.82, 2.24) is 0 Å². The van der Waals surface area contributed by atoms with E-state index in [1.54, 1.807) is 20.8 Å². The van der Waals surface area contributed by atoms with Crippen LogP contribution in [0.5, 0.6) is 0 Å². The van der Waals surface area contributed by atoms with Crippen LogP contribution in [0.25, 0.3) is 0 Å². The molecular weight excluding hydrogens is 195 g/mol. The maximum Gasteiger partial charge on any atom is 1.00 e. The number of hydrogen-bond acceptors (Lipinski definition) is 2. The van der Waals surface area contributed by atoms with Crippen LogP contribution in [0, 0.1) is 11.3 Å². The Kier molecular flexibility index (Phi) is 7.34. The Hall–Kier alpha value is -0.190. The van der Waals surface area contributed by atoms with Gasteiger partial charge in [0.1, 0.15) is 0 Å². The molecule has 4 nitrogen and oxygen atoms in total. The van der Waals surface area contributed by atoms with Crippen molar-refractivity contribution in [3.05, 3.63) is 5.92 Å². The second-order valence-electron chi connectivity index (χ2n) is 3.25. The summed E-state index contributed by atoms with van der Waals surface area (Å²) in [6.07, 6.45) is 1.02. The normalized spacial score (nSPS) is 10.2. The van der Waals surface area contributed by atoms with Crippen molar-refractivity contribution in [3.8, 4) is 0 Å². The Bertz CT molecular complexity index is 197. The molecule has 2 N–H and O–H groups in total. The third kappa shape index (κ3) is 3.52. The van der Waals surface area contributed by atoms with E-state index in [4.69, 9.17) is 10.2 Å². The van der Waals surface area contributed by atoms with E-state index >= 15 is 0 Å². The molecular formula is C9H15NaO4. The summed E-state index contributed by atoms with van der Waals surface area (Å²) in [6.45, 7) is 5.23. The molecule has 0 aromatic rings. The van der Waals surface area contributed by atoms with Gasteiger partial charge in [0.15, 0.2) is 11.9 Å². The fourth-order valence-electron chi connectivity index (χ4n) is 1.21. The Labute approximate surface area is 106 Å². The number of carboxylic acid groups (broad SMARTS) is 2. The molecule has 0 unspecified atom stereocenters. The number of carbonyl (C=O) groups is 2. The van der Waals surface area contributed by atoms with Crippen molar-refractivity contribution in [2.75, 3.05) is 0 Å². The van der Waals surface area contributed by atoms with Crippen LogP contribution in [0.1, 0.15) is 33.6 Å². The Morgan fingerprint density at radius 2 is 1.43 bits per heavy atom. The van der Waals surface area contributed by atoms with E-state index in [1.807, 2.05) is 0 Å². The summed E-state index contributed by atoms with van der Waals surface area (Å²) in [5.41, 5.74) is -0.738. The Morgan fingerprint density at radius 3 is 1.50 bits per heavy atom. The molecule has 0 saturated heterocycles. The van der Waals surface area contributed by atoms with Gasteiger partial charge in [-0.15, -0.1) is 5.41 Å². The molecule has 0 heterocycles. The molecule has 0 aromatic carbocycles. The van der Waals surface area contributed by atoms with E-state index in [1.165, 1.54) is 0 Å². The summed E-state index contributed by atoms with van der Waals surface area (Å²) in [4.78, 5) is 21.4. The van der Waals surface area contributed by atoms with Gasteiger partial charge in [0.2, 0.25) is 0 Å². The Morgan fingerprint density at radius 1 is 1.14 bits per heavy atom. The van der Waals surface area contributed by atoms with Crippen LogP contribution in [0.2, 0.25) is 0 Å². The van der Waals surface area contributed by atoms with Crippen LogP contribution >= 0.6 is 0 Å². The van der Waals surface area contributed by atoms with Crippen molar-refractivity contribution in [2.24, 2.45) is 5.41 Å². The van der Waals surface area contributed by atoms with Crippen molar-refractivity contribution in [2.45, 2.75) is 33.6 Å². The number of hydrogen-bond donors (Lipinski definition) is 2. The van der Waals surface area contributed by atoms with Crippen LogP contribution in [0.4, 0.5) is 0 Å². The minimum atomic E-state index is -1.33. The summed E-state index contributed by atoms with van der Waals surface area (Å²) < 4.78 is 0. The van der Waals surface area contributed by atoms with E-state index in [0.29, 0.717) is 12.8 Å². The van der Waals surface area contributed by atoms with Crippen LogP contribution in [0.3, 0.4) is 0 Å². The van der Waals surface area contributed by atoms with E-state index in [0.717, 1.165) is 0 Å². The number of rotatable bonds is 5. The molecule has 0 aliphatic carbocycles. The maximum absolute atomic E-state index is 10.7. The minimum absolute atomic E-state index is 0. The van der Waals surface area contributed by atoms with Gasteiger partial charge in [0, 0.05) is 0 Å². The smallest absolute Gasteiger partial charge is 0.503 e. The fraction of sp³-hybridized carbons (Fsp3) is 0.667. The molecule has 76 valence electrons. The van der Waals surface area contributed by atoms with E-state index in [2.05, 4.69) is 0 Å². The molecule has 0 fully saturated rings. The van der Waals surface area contributed by atoms with Gasteiger partial charge in [-0.05, 0) is 0 Å². The predicted molar refractivity (Wildman–Crippen MR) is 47.2 cm³/mol. The van der Waals surface area contributed by atoms with E-state index in [9.17, 15) is 9.59 Å². The SMILES string of the molecule is CCC(C)(CC)[C-](C(=O)O)C(=O)O.[Na+]. The van der Waals surface area contributed by atoms with Crippen LogP contribution in [-0.4, -0.2) is 22.2 Å². The molecule has 0 saturated carbocycles. The summed E-state index contributed by atoms with van der Waals surface area (Å²) in [5.74, 6) is -3.09. The molecule has 0 aromatic heterocycles. The van der Waals surface area contributed by atoms with Gasteiger partial charge in [-0.1, -0.05) is 33.6 Å². The quantitative estimate of drug-likeness (QED) is 0.331. The first-order chi connectivity index (χ1) is 5.89. The zero-order valence-corrected chi connectivity index (χ0v) is 11.1. The van der Waals surface area contributed by atoms with Crippen LogP contribution in [-0.2, 0) is 9.59 Å². The van der Waals surface area contributed by atoms with Crippen molar-refractivity contribution in [3.63, 3.8) is 0 Å². The summed E-state index contributed by atoms with van der Waals surface area (Å²) in [7, 11) is 0. The zero-order valence-electron chi connectivity index (χ0n) is 9.13.